The van der Waals surface area contributed by atoms with E-state index in [1.165, 1.54) is 7.11 Å². The predicted octanol–water partition coefficient (Wildman–Crippen LogP) is 2.32. The van der Waals surface area contributed by atoms with Crippen molar-refractivity contribution in [3.8, 4) is 0 Å². The molecule has 1 aromatic heterocycles. The summed E-state index contributed by atoms with van der Waals surface area (Å²) in [5.74, 6) is 0.771. The first-order valence-corrected chi connectivity index (χ1v) is 6.50. The highest BCUT2D eigenvalue weighted by Gasteiger charge is 2.19. The molecule has 0 atom stereocenters. The van der Waals surface area contributed by atoms with Crippen LogP contribution >= 0.6 is 11.8 Å². The third kappa shape index (κ3) is 1.61. The van der Waals surface area contributed by atoms with E-state index in [-0.39, 0.29) is 5.97 Å². The third-order valence-corrected chi connectivity index (χ3v) is 3.97. The van der Waals surface area contributed by atoms with Gasteiger partial charge in [-0.05, 0) is 18.6 Å². The van der Waals surface area contributed by atoms with E-state index >= 15 is 0 Å². The van der Waals surface area contributed by atoms with Crippen LogP contribution in [0.1, 0.15) is 16.8 Å². The molecule has 0 spiro atoms. The number of rotatable bonds is 1. The second kappa shape index (κ2) is 4.07. The van der Waals surface area contributed by atoms with Crippen LogP contribution in [0, 0.1) is 0 Å². The van der Waals surface area contributed by atoms with Gasteiger partial charge in [0.2, 0.25) is 0 Å². The van der Waals surface area contributed by atoms with Gasteiger partial charge in [0.25, 0.3) is 0 Å². The van der Waals surface area contributed by atoms with Crippen LogP contribution in [0.5, 0.6) is 0 Å². The van der Waals surface area contributed by atoms with Gasteiger partial charge in [-0.2, -0.15) is 0 Å². The Kier molecular flexibility index (Phi) is 2.55. The topological polar surface area (TPSA) is 44.1 Å². The fraction of sp³-hybridized carbons (Fsp3) is 0.333. The molecule has 1 aromatic carbocycles. The number of hydrogen-bond donors (Lipinski definition) is 0. The van der Waals surface area contributed by atoms with Gasteiger partial charge in [-0.3, -0.25) is 0 Å². The van der Waals surface area contributed by atoms with E-state index in [0.29, 0.717) is 5.56 Å². The standard InChI is InChI=1S/C12H12N2O2S/c1-16-11(15)8-4-2-5-9-10(8)13-12-14(9)6-3-7-17-12/h2,4-5H,3,6-7H2,1H3. The number of aryl methyl sites for hydroxylation is 1. The molecule has 0 unspecified atom stereocenters. The first-order chi connectivity index (χ1) is 8.31. The molecule has 0 fully saturated rings. The summed E-state index contributed by atoms with van der Waals surface area (Å²) in [5, 5.41) is 1.00. The number of benzene rings is 1. The zero-order valence-corrected chi connectivity index (χ0v) is 10.3. The van der Waals surface area contributed by atoms with Gasteiger partial charge in [-0.15, -0.1) is 0 Å². The summed E-state index contributed by atoms with van der Waals surface area (Å²) in [4.78, 5) is 16.2. The molecule has 0 bridgehead atoms. The Morgan fingerprint density at radius 1 is 1.53 bits per heavy atom. The van der Waals surface area contributed by atoms with E-state index in [0.717, 1.165) is 34.9 Å². The second-order valence-corrected chi connectivity index (χ2v) is 4.97. The van der Waals surface area contributed by atoms with Crippen molar-refractivity contribution in [2.75, 3.05) is 12.9 Å². The molecule has 0 amide bonds. The number of imidazole rings is 1. The van der Waals surface area contributed by atoms with Crippen molar-refractivity contribution in [1.29, 1.82) is 0 Å². The molecule has 17 heavy (non-hydrogen) atoms. The van der Waals surface area contributed by atoms with Crippen LogP contribution < -0.4 is 0 Å². The molecule has 4 nitrogen and oxygen atoms in total. The van der Waals surface area contributed by atoms with E-state index in [9.17, 15) is 4.79 Å². The molecule has 2 heterocycles. The SMILES string of the molecule is COC(=O)c1cccc2c1nc1n2CCCS1. The molecule has 0 radical (unpaired) electrons. The number of esters is 1. The Bertz CT molecular complexity index is 591. The Balaban J connectivity index is 2.26. The van der Waals surface area contributed by atoms with E-state index in [1.807, 2.05) is 12.1 Å². The van der Waals surface area contributed by atoms with Crippen molar-refractivity contribution in [2.45, 2.75) is 18.1 Å². The van der Waals surface area contributed by atoms with E-state index in [2.05, 4.69) is 9.55 Å². The Morgan fingerprint density at radius 2 is 2.41 bits per heavy atom. The average molecular weight is 248 g/mol. The van der Waals surface area contributed by atoms with E-state index in [4.69, 9.17) is 4.74 Å². The van der Waals surface area contributed by atoms with Gasteiger partial charge >= 0.3 is 5.97 Å². The van der Waals surface area contributed by atoms with Crippen molar-refractivity contribution in [3.63, 3.8) is 0 Å². The number of fused-ring (bicyclic) bond motifs is 3. The van der Waals surface area contributed by atoms with Crippen LogP contribution in [-0.2, 0) is 11.3 Å². The molecule has 0 saturated carbocycles. The smallest absolute Gasteiger partial charge is 0.340 e. The number of thioether (sulfide) groups is 1. The van der Waals surface area contributed by atoms with Crippen LogP contribution in [0.25, 0.3) is 11.0 Å². The first-order valence-electron chi connectivity index (χ1n) is 5.51. The van der Waals surface area contributed by atoms with Crippen molar-refractivity contribution < 1.29 is 9.53 Å². The molecule has 3 rings (SSSR count). The Morgan fingerprint density at radius 3 is 3.24 bits per heavy atom. The van der Waals surface area contributed by atoms with Gasteiger partial charge in [-0.25, -0.2) is 9.78 Å². The zero-order valence-electron chi connectivity index (χ0n) is 9.47. The van der Waals surface area contributed by atoms with Gasteiger partial charge in [0.05, 0.1) is 18.2 Å². The lowest BCUT2D eigenvalue weighted by molar-refractivity contribution is 0.0603. The zero-order chi connectivity index (χ0) is 11.8. The van der Waals surface area contributed by atoms with Crippen LogP contribution in [0.3, 0.4) is 0 Å². The van der Waals surface area contributed by atoms with Gasteiger partial charge in [0.1, 0.15) is 5.52 Å². The number of carbonyl (C=O) groups is 1. The van der Waals surface area contributed by atoms with Gasteiger partial charge in [0.15, 0.2) is 5.16 Å². The van der Waals surface area contributed by atoms with Crippen LogP contribution in [-0.4, -0.2) is 28.4 Å². The molecule has 0 N–H and O–H groups in total. The molecule has 2 aromatic rings. The number of hydrogen-bond acceptors (Lipinski definition) is 4. The maximum atomic E-state index is 11.7. The summed E-state index contributed by atoms with van der Waals surface area (Å²) in [6.45, 7) is 0.976. The minimum atomic E-state index is -0.323. The minimum absolute atomic E-state index is 0.323. The number of carbonyl (C=O) groups excluding carboxylic acids is 1. The van der Waals surface area contributed by atoms with Crippen molar-refractivity contribution in [3.05, 3.63) is 23.8 Å². The molecular formula is C12H12N2O2S. The molecule has 1 aliphatic heterocycles. The number of ether oxygens (including phenoxy) is 1. The normalized spacial score (nSPS) is 14.6. The highest BCUT2D eigenvalue weighted by molar-refractivity contribution is 7.99. The quantitative estimate of drug-likeness (QED) is 0.726. The highest BCUT2D eigenvalue weighted by atomic mass is 32.2. The molecule has 1 aliphatic rings. The fourth-order valence-corrected chi connectivity index (χ4v) is 3.07. The summed E-state index contributed by atoms with van der Waals surface area (Å²) in [6.07, 6.45) is 1.14. The highest BCUT2D eigenvalue weighted by Crippen LogP contribution is 2.30. The van der Waals surface area contributed by atoms with Crippen LogP contribution in [0.2, 0.25) is 0 Å². The number of nitrogens with zero attached hydrogens (tertiary/aromatic N) is 2. The van der Waals surface area contributed by atoms with Gasteiger partial charge < -0.3 is 9.30 Å². The summed E-state index contributed by atoms with van der Waals surface area (Å²) < 4.78 is 6.96. The predicted molar refractivity (Wildman–Crippen MR) is 66.4 cm³/mol. The number of para-hydroxylation sites is 1. The van der Waals surface area contributed by atoms with E-state index in [1.54, 1.807) is 17.8 Å². The molecular weight excluding hydrogens is 236 g/mol. The Hall–Kier alpha value is -1.49. The monoisotopic (exact) mass is 248 g/mol. The summed E-state index contributed by atoms with van der Waals surface area (Å²) in [7, 11) is 1.39. The maximum Gasteiger partial charge on any atom is 0.340 e. The summed E-state index contributed by atoms with van der Waals surface area (Å²) >= 11 is 1.74. The minimum Gasteiger partial charge on any atom is -0.465 e. The lowest BCUT2D eigenvalue weighted by atomic mass is 10.2. The largest absolute Gasteiger partial charge is 0.465 e. The molecule has 0 saturated heterocycles. The van der Waals surface area contributed by atoms with Gasteiger partial charge in [0, 0.05) is 12.3 Å². The van der Waals surface area contributed by atoms with Crippen LogP contribution in [0.4, 0.5) is 0 Å². The number of aromatic nitrogens is 2. The summed E-state index contributed by atoms with van der Waals surface area (Å²) in [5.41, 5.74) is 2.33. The molecule has 0 aliphatic carbocycles. The first kappa shape index (κ1) is 10.7. The van der Waals surface area contributed by atoms with Crippen LogP contribution in [0.15, 0.2) is 23.4 Å². The molecule has 88 valence electrons. The second-order valence-electron chi connectivity index (χ2n) is 3.91. The van der Waals surface area contributed by atoms with Crippen molar-refractivity contribution >= 4 is 28.8 Å². The lowest BCUT2D eigenvalue weighted by Crippen LogP contribution is -2.06. The average Bonchev–Trinajstić information content (AvgIpc) is 2.76. The molecule has 5 heteroatoms. The van der Waals surface area contributed by atoms with E-state index < -0.39 is 0 Å². The Labute approximate surface area is 103 Å². The third-order valence-electron chi connectivity index (χ3n) is 2.91. The maximum absolute atomic E-state index is 11.7. The lowest BCUT2D eigenvalue weighted by Gasteiger charge is -2.13. The van der Waals surface area contributed by atoms with Crippen molar-refractivity contribution in [2.24, 2.45) is 0 Å². The number of methoxy groups -OCH3 is 1. The summed E-state index contributed by atoms with van der Waals surface area (Å²) in [6, 6.07) is 5.64. The fourth-order valence-electron chi connectivity index (χ4n) is 2.11. The van der Waals surface area contributed by atoms with Gasteiger partial charge in [-0.1, -0.05) is 17.8 Å². The van der Waals surface area contributed by atoms with Crippen molar-refractivity contribution in [1.82, 2.24) is 9.55 Å².